The quantitative estimate of drug-likeness (QED) is 0.606. The van der Waals surface area contributed by atoms with E-state index >= 15 is 0 Å². The van der Waals surface area contributed by atoms with E-state index in [1.54, 1.807) is 24.3 Å². The molecule has 4 nitrogen and oxygen atoms in total. The molecule has 2 rings (SSSR count). The number of aryl methyl sites for hydroxylation is 3. The summed E-state index contributed by atoms with van der Waals surface area (Å²) in [4.78, 5) is 24.7. The summed E-state index contributed by atoms with van der Waals surface area (Å²) in [7, 11) is 0. The fraction of sp³-hybridized carbons (Fsp3) is 0.333. The van der Waals surface area contributed by atoms with Gasteiger partial charge in [0.2, 0.25) is 0 Å². The summed E-state index contributed by atoms with van der Waals surface area (Å²) >= 11 is 0. The summed E-state index contributed by atoms with van der Waals surface area (Å²) in [5.74, 6) is -0.543. The number of ether oxygens (including phenoxy) is 1. The Balaban J connectivity index is 2.14. The molecule has 0 aromatic heterocycles. The highest BCUT2D eigenvalue weighted by molar-refractivity contribution is 6.06. The third-order valence-electron chi connectivity index (χ3n) is 3.99. The average Bonchev–Trinajstić information content (AvgIpc) is 2.54. The maximum absolute atomic E-state index is 12.6. The van der Waals surface area contributed by atoms with Gasteiger partial charge in [0, 0.05) is 11.3 Å². The fourth-order valence-corrected chi connectivity index (χ4v) is 2.85. The number of nitrogens with one attached hydrogen (secondary N) is 1. The average molecular weight is 339 g/mol. The van der Waals surface area contributed by atoms with Gasteiger partial charge in [0.05, 0.1) is 12.2 Å². The Labute approximate surface area is 149 Å². The van der Waals surface area contributed by atoms with Gasteiger partial charge in [0.1, 0.15) is 0 Å². The summed E-state index contributed by atoms with van der Waals surface area (Å²) in [5.41, 5.74) is 4.68. The van der Waals surface area contributed by atoms with Gasteiger partial charge >= 0.3 is 5.97 Å². The van der Waals surface area contributed by atoms with E-state index in [1.807, 2.05) is 39.8 Å². The third kappa shape index (κ3) is 4.92. The number of hydrogen-bond acceptors (Lipinski definition) is 3. The normalized spacial score (nSPS) is 10.4. The van der Waals surface area contributed by atoms with Crippen molar-refractivity contribution in [2.45, 2.75) is 40.5 Å². The second-order valence-electron chi connectivity index (χ2n) is 6.30. The first-order chi connectivity index (χ1) is 11.9. The number of unbranched alkanes of at least 4 members (excludes halogenated alkanes) is 1. The molecule has 0 aliphatic heterocycles. The van der Waals surface area contributed by atoms with Crippen molar-refractivity contribution in [3.63, 3.8) is 0 Å². The molecule has 0 fully saturated rings. The molecule has 0 saturated carbocycles. The van der Waals surface area contributed by atoms with E-state index in [9.17, 15) is 9.59 Å². The van der Waals surface area contributed by atoms with Crippen LogP contribution in [0.1, 0.15) is 57.2 Å². The van der Waals surface area contributed by atoms with Crippen LogP contribution < -0.4 is 5.32 Å². The lowest BCUT2D eigenvalue weighted by molar-refractivity contribution is 0.0499. The minimum absolute atomic E-state index is 0.175. The molecule has 0 spiro atoms. The third-order valence-corrected chi connectivity index (χ3v) is 3.99. The lowest BCUT2D eigenvalue weighted by atomic mass is 9.99. The lowest BCUT2D eigenvalue weighted by Gasteiger charge is -2.12. The second kappa shape index (κ2) is 8.47. The second-order valence-corrected chi connectivity index (χ2v) is 6.30. The van der Waals surface area contributed by atoms with Gasteiger partial charge in [0.15, 0.2) is 0 Å². The van der Waals surface area contributed by atoms with Gasteiger partial charge in [-0.15, -0.1) is 0 Å². The number of hydrogen-bond donors (Lipinski definition) is 1. The van der Waals surface area contributed by atoms with Crippen LogP contribution in [0.4, 0.5) is 5.69 Å². The maximum atomic E-state index is 12.6. The molecule has 1 amide bonds. The predicted octanol–water partition coefficient (Wildman–Crippen LogP) is 4.82. The number of benzene rings is 2. The monoisotopic (exact) mass is 339 g/mol. The van der Waals surface area contributed by atoms with Crippen LogP contribution in [-0.2, 0) is 4.74 Å². The van der Waals surface area contributed by atoms with E-state index < -0.39 is 0 Å². The van der Waals surface area contributed by atoms with Crippen LogP contribution in [0, 0.1) is 20.8 Å². The van der Waals surface area contributed by atoms with E-state index in [0.717, 1.165) is 29.5 Å². The van der Waals surface area contributed by atoms with Crippen LogP contribution in [-0.4, -0.2) is 18.5 Å². The molecule has 4 heteroatoms. The zero-order valence-corrected chi connectivity index (χ0v) is 15.3. The number of amides is 1. The highest BCUT2D eigenvalue weighted by Crippen LogP contribution is 2.19. The van der Waals surface area contributed by atoms with Crippen molar-refractivity contribution in [3.8, 4) is 0 Å². The molecule has 0 aliphatic carbocycles. The van der Waals surface area contributed by atoms with Crippen molar-refractivity contribution in [3.05, 3.63) is 64.2 Å². The highest BCUT2D eigenvalue weighted by Gasteiger charge is 2.14. The Morgan fingerprint density at radius 2 is 1.72 bits per heavy atom. The number of carbonyl (C=O) groups is 2. The first-order valence-electron chi connectivity index (χ1n) is 8.58. The zero-order valence-electron chi connectivity index (χ0n) is 15.3. The van der Waals surface area contributed by atoms with Gasteiger partial charge in [-0.3, -0.25) is 4.79 Å². The van der Waals surface area contributed by atoms with Crippen LogP contribution in [0.5, 0.6) is 0 Å². The minimum Gasteiger partial charge on any atom is -0.462 e. The maximum Gasteiger partial charge on any atom is 0.338 e. The van der Waals surface area contributed by atoms with Crippen molar-refractivity contribution in [1.82, 2.24) is 0 Å². The van der Waals surface area contributed by atoms with Crippen molar-refractivity contribution in [2.75, 3.05) is 11.9 Å². The fourth-order valence-electron chi connectivity index (χ4n) is 2.85. The van der Waals surface area contributed by atoms with Gasteiger partial charge < -0.3 is 10.1 Å². The number of rotatable bonds is 6. The summed E-state index contributed by atoms with van der Waals surface area (Å²) in [6.45, 7) is 8.31. The summed E-state index contributed by atoms with van der Waals surface area (Å²) in [6, 6.07) is 10.8. The van der Waals surface area contributed by atoms with Crippen molar-refractivity contribution < 1.29 is 14.3 Å². The highest BCUT2D eigenvalue weighted by atomic mass is 16.5. The van der Waals surface area contributed by atoms with Crippen LogP contribution in [0.3, 0.4) is 0 Å². The molecular weight excluding hydrogens is 314 g/mol. The Bertz CT molecular complexity index is 757. The molecule has 132 valence electrons. The topological polar surface area (TPSA) is 55.4 Å². The minimum atomic E-state index is -0.368. The zero-order chi connectivity index (χ0) is 18.4. The molecule has 0 heterocycles. The Morgan fingerprint density at radius 1 is 1.04 bits per heavy atom. The lowest BCUT2D eigenvalue weighted by Crippen LogP contribution is -2.16. The van der Waals surface area contributed by atoms with Crippen molar-refractivity contribution in [1.29, 1.82) is 0 Å². The Morgan fingerprint density at radius 3 is 2.36 bits per heavy atom. The van der Waals surface area contributed by atoms with Crippen LogP contribution in [0.25, 0.3) is 0 Å². The van der Waals surface area contributed by atoms with Gasteiger partial charge in [-0.05, 0) is 56.5 Å². The van der Waals surface area contributed by atoms with Crippen LogP contribution in [0.15, 0.2) is 36.4 Å². The molecule has 2 aromatic rings. The number of esters is 1. The molecule has 0 unspecified atom stereocenters. The Kier molecular flexibility index (Phi) is 6.34. The summed E-state index contributed by atoms with van der Waals surface area (Å²) in [6.07, 6.45) is 1.81. The van der Waals surface area contributed by atoms with E-state index in [2.05, 4.69) is 5.32 Å². The van der Waals surface area contributed by atoms with Crippen LogP contribution in [0.2, 0.25) is 0 Å². The first-order valence-corrected chi connectivity index (χ1v) is 8.58. The van der Waals surface area contributed by atoms with Gasteiger partial charge in [-0.1, -0.05) is 37.1 Å². The molecule has 0 atom stereocenters. The molecule has 0 bridgehead atoms. The van der Waals surface area contributed by atoms with E-state index in [4.69, 9.17) is 4.74 Å². The predicted molar refractivity (Wildman–Crippen MR) is 100 cm³/mol. The first kappa shape index (κ1) is 18.7. The summed E-state index contributed by atoms with van der Waals surface area (Å²) < 4.78 is 5.21. The molecule has 1 N–H and O–H groups in total. The molecule has 0 saturated heterocycles. The van der Waals surface area contributed by atoms with E-state index in [0.29, 0.717) is 23.4 Å². The SMILES string of the molecule is CCCCOC(=O)c1cccc(NC(=O)c2c(C)cc(C)cc2C)c1. The van der Waals surface area contributed by atoms with E-state index in [1.165, 1.54) is 0 Å². The standard InChI is InChI=1S/C21H25NO3/c1-5-6-10-25-21(24)17-8-7-9-18(13-17)22-20(23)19-15(3)11-14(2)12-16(19)4/h7-9,11-13H,5-6,10H2,1-4H3,(H,22,23). The number of carbonyl (C=O) groups excluding carboxylic acids is 2. The molecule has 0 radical (unpaired) electrons. The molecule has 25 heavy (non-hydrogen) atoms. The van der Waals surface area contributed by atoms with Crippen molar-refractivity contribution in [2.24, 2.45) is 0 Å². The molecular formula is C21H25NO3. The van der Waals surface area contributed by atoms with E-state index in [-0.39, 0.29) is 11.9 Å². The largest absolute Gasteiger partial charge is 0.462 e. The van der Waals surface area contributed by atoms with Crippen molar-refractivity contribution >= 4 is 17.6 Å². The molecule has 2 aromatic carbocycles. The number of anilines is 1. The smallest absolute Gasteiger partial charge is 0.338 e. The van der Waals surface area contributed by atoms with Gasteiger partial charge in [-0.2, -0.15) is 0 Å². The Hall–Kier alpha value is -2.62. The van der Waals surface area contributed by atoms with Gasteiger partial charge in [-0.25, -0.2) is 4.79 Å². The van der Waals surface area contributed by atoms with Gasteiger partial charge in [0.25, 0.3) is 5.91 Å². The summed E-state index contributed by atoms with van der Waals surface area (Å²) in [5, 5.41) is 2.88. The van der Waals surface area contributed by atoms with Crippen LogP contribution >= 0.6 is 0 Å². The molecule has 0 aliphatic rings.